The van der Waals surface area contributed by atoms with Gasteiger partial charge in [0.25, 0.3) is 0 Å². The molecule has 1 aliphatic heterocycles. The third-order valence-corrected chi connectivity index (χ3v) is 9.92. The third-order valence-electron chi connectivity index (χ3n) is 9.92. The zero-order valence-electron chi connectivity index (χ0n) is 16.4. The minimum Gasteiger partial charge on any atom is -0.460 e. The van der Waals surface area contributed by atoms with Crippen LogP contribution in [0.4, 0.5) is 0 Å². The smallest absolute Gasteiger partial charge is 0.338 e. The van der Waals surface area contributed by atoms with Gasteiger partial charge in [0.15, 0.2) is 5.60 Å². The van der Waals surface area contributed by atoms with Gasteiger partial charge < -0.3 is 14.9 Å². The van der Waals surface area contributed by atoms with E-state index >= 15 is 0 Å². The number of hydrogen-bond donors (Lipinski definition) is 2. The van der Waals surface area contributed by atoms with Crippen LogP contribution in [0.25, 0.3) is 0 Å². The van der Waals surface area contributed by atoms with E-state index in [2.05, 4.69) is 13.8 Å². The van der Waals surface area contributed by atoms with Crippen molar-refractivity contribution in [3.8, 4) is 0 Å². The van der Waals surface area contributed by atoms with Crippen molar-refractivity contribution in [3.05, 3.63) is 0 Å². The average Bonchev–Trinajstić information content (AvgIpc) is 2.99. The maximum absolute atomic E-state index is 12.2. The highest BCUT2D eigenvalue weighted by atomic mass is 16.6. The number of aliphatic hydroxyl groups is 2. The lowest BCUT2D eigenvalue weighted by molar-refractivity contribution is -0.164. The molecule has 1 saturated heterocycles. The Hall–Kier alpha value is -0.610. The molecule has 0 aromatic rings. The van der Waals surface area contributed by atoms with E-state index in [0.717, 1.165) is 38.0 Å². The van der Waals surface area contributed by atoms with E-state index in [-0.39, 0.29) is 23.5 Å². The average molecular weight is 363 g/mol. The summed E-state index contributed by atoms with van der Waals surface area (Å²) < 4.78 is 5.66. The van der Waals surface area contributed by atoms with Gasteiger partial charge in [0.05, 0.1) is 6.10 Å². The molecule has 146 valence electrons. The van der Waals surface area contributed by atoms with E-state index < -0.39 is 11.6 Å². The number of carbonyl (C=O) groups is 1. The Kier molecular flexibility index (Phi) is 3.53. The molecule has 5 aliphatic rings. The highest BCUT2D eigenvalue weighted by Crippen LogP contribution is 2.69. The largest absolute Gasteiger partial charge is 0.460 e. The van der Waals surface area contributed by atoms with Crippen molar-refractivity contribution in [2.75, 3.05) is 0 Å². The van der Waals surface area contributed by atoms with E-state index in [1.54, 1.807) is 6.92 Å². The molecule has 2 N–H and O–H groups in total. The second kappa shape index (κ2) is 5.26. The molecule has 0 aromatic heterocycles. The lowest BCUT2D eigenvalue weighted by Gasteiger charge is -2.61. The predicted octanol–water partition coefficient (Wildman–Crippen LogP) is 3.29. The van der Waals surface area contributed by atoms with Crippen molar-refractivity contribution in [2.45, 2.75) is 89.9 Å². The molecule has 5 fully saturated rings. The molecule has 1 heterocycles. The Morgan fingerprint density at radius 2 is 1.69 bits per heavy atom. The standard InChI is InChI=1S/C22H34O4/c1-20-8-6-13(23)10-12(20)4-5-14-15(20)7-9-21(2)16(14)11-17-18(21)22(3,25)19(24)26-17/h12-18,23,25H,4-11H2,1-3H3/t12-,13-,14+,15+,16+,17+,18-,20-,21-,22-/m0/s1. The van der Waals surface area contributed by atoms with Crippen LogP contribution in [0.1, 0.15) is 72.1 Å². The van der Waals surface area contributed by atoms with Crippen LogP contribution < -0.4 is 0 Å². The van der Waals surface area contributed by atoms with Crippen LogP contribution in [0, 0.1) is 40.4 Å². The number of carbonyl (C=O) groups excluding carboxylic acids is 1. The first-order valence-corrected chi connectivity index (χ1v) is 10.8. The first kappa shape index (κ1) is 17.5. The summed E-state index contributed by atoms with van der Waals surface area (Å²) in [5, 5.41) is 21.1. The fourth-order valence-electron chi connectivity index (χ4n) is 8.73. The quantitative estimate of drug-likeness (QED) is 0.649. The van der Waals surface area contributed by atoms with Crippen molar-refractivity contribution in [2.24, 2.45) is 40.4 Å². The van der Waals surface area contributed by atoms with Gasteiger partial charge in [0, 0.05) is 5.92 Å². The van der Waals surface area contributed by atoms with Gasteiger partial charge in [-0.3, -0.25) is 0 Å². The lowest BCUT2D eigenvalue weighted by atomic mass is 9.44. The van der Waals surface area contributed by atoms with Gasteiger partial charge in [-0.15, -0.1) is 0 Å². The fraction of sp³-hybridized carbons (Fsp3) is 0.955. The maximum atomic E-state index is 12.2. The lowest BCUT2D eigenvalue weighted by Crippen LogP contribution is -2.56. The first-order chi connectivity index (χ1) is 12.2. The van der Waals surface area contributed by atoms with Crippen molar-refractivity contribution in [3.63, 3.8) is 0 Å². The number of rotatable bonds is 0. The zero-order valence-corrected chi connectivity index (χ0v) is 16.4. The third kappa shape index (κ3) is 2.01. The Bertz CT molecular complexity index is 630. The molecule has 0 amide bonds. The number of fused-ring (bicyclic) bond motifs is 7. The van der Waals surface area contributed by atoms with Gasteiger partial charge >= 0.3 is 5.97 Å². The monoisotopic (exact) mass is 362 g/mol. The molecule has 4 saturated carbocycles. The van der Waals surface area contributed by atoms with Crippen molar-refractivity contribution >= 4 is 5.97 Å². The minimum absolute atomic E-state index is 0.0128. The SMILES string of the molecule is C[C@]12CC[C@H](O)C[C@@H]1CC[C@@H]1[C@H]2CC[C@@]2(C)[C@@H]1C[C@H]1OC(=O)[C@@](C)(O)[C@@H]12. The number of hydrogen-bond acceptors (Lipinski definition) is 4. The molecule has 5 rings (SSSR count). The van der Waals surface area contributed by atoms with Gasteiger partial charge in [-0.1, -0.05) is 13.8 Å². The highest BCUT2D eigenvalue weighted by Gasteiger charge is 2.70. The molecular weight excluding hydrogens is 328 g/mol. The Balaban J connectivity index is 1.47. The van der Waals surface area contributed by atoms with Gasteiger partial charge in [-0.05, 0) is 92.8 Å². The molecule has 26 heavy (non-hydrogen) atoms. The predicted molar refractivity (Wildman–Crippen MR) is 97.1 cm³/mol. The van der Waals surface area contributed by atoms with Crippen molar-refractivity contribution in [1.29, 1.82) is 0 Å². The Morgan fingerprint density at radius 1 is 0.962 bits per heavy atom. The molecule has 0 radical (unpaired) electrons. The Morgan fingerprint density at radius 3 is 2.46 bits per heavy atom. The molecular formula is C22H34O4. The summed E-state index contributed by atoms with van der Waals surface area (Å²) in [7, 11) is 0. The molecule has 0 spiro atoms. The topological polar surface area (TPSA) is 66.8 Å². The second-order valence-electron chi connectivity index (χ2n) is 10.9. The fourth-order valence-corrected chi connectivity index (χ4v) is 8.73. The van der Waals surface area contributed by atoms with Crippen molar-refractivity contribution < 1.29 is 19.7 Å². The van der Waals surface area contributed by atoms with Gasteiger partial charge in [0.1, 0.15) is 6.10 Å². The van der Waals surface area contributed by atoms with Crippen LogP contribution in [0.2, 0.25) is 0 Å². The summed E-state index contributed by atoms with van der Waals surface area (Å²) in [5.41, 5.74) is -0.948. The number of esters is 1. The summed E-state index contributed by atoms with van der Waals surface area (Å²) in [6.07, 6.45) is 8.61. The maximum Gasteiger partial charge on any atom is 0.338 e. The van der Waals surface area contributed by atoms with Crippen LogP contribution in [0.15, 0.2) is 0 Å². The van der Waals surface area contributed by atoms with Crippen LogP contribution in [0.5, 0.6) is 0 Å². The minimum atomic E-state index is -1.32. The van der Waals surface area contributed by atoms with Crippen molar-refractivity contribution in [1.82, 2.24) is 0 Å². The molecule has 4 aliphatic carbocycles. The summed E-state index contributed by atoms with van der Waals surface area (Å²) in [6.45, 7) is 6.50. The number of aliphatic hydroxyl groups excluding tert-OH is 1. The molecule has 4 heteroatoms. The zero-order chi connectivity index (χ0) is 18.5. The highest BCUT2D eigenvalue weighted by molar-refractivity contribution is 5.82. The molecule has 0 bridgehead atoms. The van der Waals surface area contributed by atoms with Crippen LogP contribution in [-0.2, 0) is 9.53 Å². The molecule has 0 aromatic carbocycles. The van der Waals surface area contributed by atoms with Crippen LogP contribution in [-0.4, -0.2) is 34.0 Å². The van der Waals surface area contributed by atoms with Gasteiger partial charge in [0.2, 0.25) is 0 Å². The normalized spacial score (nSPS) is 61.3. The summed E-state index contributed by atoms with van der Waals surface area (Å²) in [4.78, 5) is 12.2. The molecule has 4 nitrogen and oxygen atoms in total. The summed E-state index contributed by atoms with van der Waals surface area (Å²) in [6, 6.07) is 0. The van der Waals surface area contributed by atoms with E-state index in [1.807, 2.05) is 0 Å². The summed E-state index contributed by atoms with van der Waals surface area (Å²) in [5.74, 6) is 2.18. The second-order valence-corrected chi connectivity index (χ2v) is 10.9. The van der Waals surface area contributed by atoms with E-state index in [0.29, 0.717) is 23.2 Å². The van der Waals surface area contributed by atoms with E-state index in [9.17, 15) is 15.0 Å². The molecule has 10 atom stereocenters. The Labute approximate surface area is 156 Å². The summed E-state index contributed by atoms with van der Waals surface area (Å²) >= 11 is 0. The van der Waals surface area contributed by atoms with Crippen LogP contribution in [0.3, 0.4) is 0 Å². The number of ether oxygens (including phenoxy) is 1. The first-order valence-electron chi connectivity index (χ1n) is 10.8. The van der Waals surface area contributed by atoms with E-state index in [4.69, 9.17) is 4.74 Å². The molecule has 0 unspecified atom stereocenters. The van der Waals surface area contributed by atoms with Crippen LogP contribution >= 0.6 is 0 Å². The van der Waals surface area contributed by atoms with E-state index in [1.165, 1.54) is 19.3 Å². The van der Waals surface area contributed by atoms with Gasteiger partial charge in [-0.25, -0.2) is 4.79 Å². The van der Waals surface area contributed by atoms with Gasteiger partial charge in [-0.2, -0.15) is 0 Å².